The molecule has 0 aromatic heterocycles. The first-order valence-corrected chi connectivity index (χ1v) is 4.70. The Morgan fingerprint density at radius 2 is 2.15 bits per heavy atom. The lowest BCUT2D eigenvalue weighted by Gasteiger charge is -2.05. The molecular formula is C12H17N. The van der Waals surface area contributed by atoms with E-state index in [4.69, 9.17) is 0 Å². The molecular weight excluding hydrogens is 158 g/mol. The third kappa shape index (κ3) is 3.43. The van der Waals surface area contributed by atoms with Crippen molar-refractivity contribution < 1.29 is 0 Å². The lowest BCUT2D eigenvalue weighted by molar-refractivity contribution is 0.743. The topological polar surface area (TPSA) is 12.0 Å². The summed E-state index contributed by atoms with van der Waals surface area (Å²) >= 11 is 0. The van der Waals surface area contributed by atoms with Crippen molar-refractivity contribution in [2.75, 3.05) is 13.1 Å². The van der Waals surface area contributed by atoms with Crippen LogP contribution in [0.1, 0.15) is 11.1 Å². The van der Waals surface area contributed by atoms with Gasteiger partial charge >= 0.3 is 0 Å². The predicted molar refractivity (Wildman–Crippen MR) is 57.9 cm³/mol. The van der Waals surface area contributed by atoms with Gasteiger partial charge in [-0.2, -0.15) is 0 Å². The maximum absolute atomic E-state index is 3.66. The summed E-state index contributed by atoms with van der Waals surface area (Å²) in [7, 11) is 0. The lowest BCUT2D eigenvalue weighted by Crippen LogP contribution is -2.17. The Morgan fingerprint density at radius 1 is 1.38 bits per heavy atom. The van der Waals surface area contributed by atoms with E-state index in [9.17, 15) is 0 Å². The Balaban J connectivity index is 2.36. The standard InChI is InChI=1S/C12H17N/c1-3-9-13-10-8-12-7-5-4-6-11(12)2/h3-7,13H,1,8-10H2,2H3. The lowest BCUT2D eigenvalue weighted by atomic mass is 10.1. The fourth-order valence-electron chi connectivity index (χ4n) is 1.32. The van der Waals surface area contributed by atoms with Gasteiger partial charge in [0.15, 0.2) is 0 Å². The van der Waals surface area contributed by atoms with Crippen LogP contribution in [0.25, 0.3) is 0 Å². The van der Waals surface area contributed by atoms with E-state index >= 15 is 0 Å². The highest BCUT2D eigenvalue weighted by Crippen LogP contribution is 2.06. The Morgan fingerprint density at radius 3 is 2.85 bits per heavy atom. The zero-order valence-electron chi connectivity index (χ0n) is 8.22. The largest absolute Gasteiger partial charge is 0.313 e. The van der Waals surface area contributed by atoms with Crippen molar-refractivity contribution >= 4 is 0 Å². The van der Waals surface area contributed by atoms with Gasteiger partial charge in [-0.25, -0.2) is 0 Å². The van der Waals surface area contributed by atoms with Crippen LogP contribution in [0.3, 0.4) is 0 Å². The highest BCUT2D eigenvalue weighted by Gasteiger charge is 1.94. The van der Waals surface area contributed by atoms with Gasteiger partial charge in [0, 0.05) is 6.54 Å². The average molecular weight is 175 g/mol. The Bertz CT molecular complexity index is 266. The number of rotatable bonds is 5. The van der Waals surface area contributed by atoms with Crippen LogP contribution >= 0.6 is 0 Å². The summed E-state index contributed by atoms with van der Waals surface area (Å²) in [4.78, 5) is 0. The van der Waals surface area contributed by atoms with Crippen molar-refractivity contribution in [3.63, 3.8) is 0 Å². The molecule has 1 rings (SSSR count). The minimum Gasteiger partial charge on any atom is -0.313 e. The van der Waals surface area contributed by atoms with Gasteiger partial charge in [-0.05, 0) is 31.0 Å². The molecule has 0 amide bonds. The van der Waals surface area contributed by atoms with Crippen LogP contribution in [0.4, 0.5) is 0 Å². The van der Waals surface area contributed by atoms with E-state index in [2.05, 4.69) is 43.1 Å². The first-order valence-electron chi connectivity index (χ1n) is 4.70. The zero-order valence-corrected chi connectivity index (χ0v) is 8.22. The van der Waals surface area contributed by atoms with Crippen LogP contribution in [0.15, 0.2) is 36.9 Å². The third-order valence-electron chi connectivity index (χ3n) is 2.12. The number of nitrogens with one attached hydrogen (secondary N) is 1. The van der Waals surface area contributed by atoms with E-state index in [0.717, 1.165) is 19.5 Å². The fraction of sp³-hybridized carbons (Fsp3) is 0.333. The van der Waals surface area contributed by atoms with E-state index in [1.807, 2.05) is 6.08 Å². The molecule has 1 N–H and O–H groups in total. The molecule has 0 aliphatic heterocycles. The molecule has 0 saturated carbocycles. The predicted octanol–water partition coefficient (Wildman–Crippen LogP) is 2.31. The number of hydrogen-bond donors (Lipinski definition) is 1. The van der Waals surface area contributed by atoms with Crippen LogP contribution in [-0.4, -0.2) is 13.1 Å². The quantitative estimate of drug-likeness (QED) is 0.535. The van der Waals surface area contributed by atoms with E-state index in [1.54, 1.807) is 0 Å². The molecule has 0 bridgehead atoms. The van der Waals surface area contributed by atoms with Gasteiger partial charge in [-0.1, -0.05) is 30.3 Å². The molecule has 1 aromatic rings. The van der Waals surface area contributed by atoms with Crippen LogP contribution in [0, 0.1) is 6.92 Å². The van der Waals surface area contributed by atoms with E-state index in [0.29, 0.717) is 0 Å². The molecule has 0 spiro atoms. The SMILES string of the molecule is C=CCNCCc1ccccc1C. The molecule has 0 heterocycles. The van der Waals surface area contributed by atoms with Crippen molar-refractivity contribution in [2.45, 2.75) is 13.3 Å². The van der Waals surface area contributed by atoms with Crippen molar-refractivity contribution in [3.8, 4) is 0 Å². The molecule has 1 nitrogen and oxygen atoms in total. The van der Waals surface area contributed by atoms with Crippen LogP contribution < -0.4 is 5.32 Å². The first-order chi connectivity index (χ1) is 6.34. The monoisotopic (exact) mass is 175 g/mol. The van der Waals surface area contributed by atoms with Crippen molar-refractivity contribution in [1.82, 2.24) is 5.32 Å². The summed E-state index contributed by atoms with van der Waals surface area (Å²) in [5, 5.41) is 3.29. The van der Waals surface area contributed by atoms with E-state index in [-0.39, 0.29) is 0 Å². The smallest absolute Gasteiger partial charge is 0.0132 e. The minimum atomic E-state index is 0.895. The van der Waals surface area contributed by atoms with Gasteiger partial charge in [-0.3, -0.25) is 0 Å². The summed E-state index contributed by atoms with van der Waals surface area (Å²) in [6, 6.07) is 8.51. The van der Waals surface area contributed by atoms with Gasteiger partial charge in [-0.15, -0.1) is 6.58 Å². The highest BCUT2D eigenvalue weighted by molar-refractivity contribution is 5.25. The molecule has 0 unspecified atom stereocenters. The minimum absolute atomic E-state index is 0.895. The van der Waals surface area contributed by atoms with Gasteiger partial charge in [0.2, 0.25) is 0 Å². The highest BCUT2D eigenvalue weighted by atomic mass is 14.8. The summed E-state index contributed by atoms with van der Waals surface area (Å²) in [5.41, 5.74) is 2.81. The molecule has 0 aliphatic carbocycles. The number of aryl methyl sites for hydroxylation is 1. The van der Waals surface area contributed by atoms with Crippen molar-refractivity contribution in [2.24, 2.45) is 0 Å². The Kier molecular flexibility index (Phi) is 4.27. The average Bonchev–Trinajstić information content (AvgIpc) is 2.15. The van der Waals surface area contributed by atoms with Gasteiger partial charge in [0.1, 0.15) is 0 Å². The maximum Gasteiger partial charge on any atom is 0.0132 e. The molecule has 0 radical (unpaired) electrons. The second kappa shape index (κ2) is 5.55. The van der Waals surface area contributed by atoms with Crippen LogP contribution in [0.5, 0.6) is 0 Å². The Hall–Kier alpha value is -1.08. The number of benzene rings is 1. The fourth-order valence-corrected chi connectivity index (χ4v) is 1.32. The van der Waals surface area contributed by atoms with Crippen molar-refractivity contribution in [1.29, 1.82) is 0 Å². The third-order valence-corrected chi connectivity index (χ3v) is 2.12. The van der Waals surface area contributed by atoms with Crippen LogP contribution in [-0.2, 0) is 6.42 Å². The van der Waals surface area contributed by atoms with Crippen molar-refractivity contribution in [3.05, 3.63) is 48.0 Å². The molecule has 0 saturated heterocycles. The van der Waals surface area contributed by atoms with Gasteiger partial charge in [0.05, 0.1) is 0 Å². The molecule has 0 atom stereocenters. The summed E-state index contributed by atoms with van der Waals surface area (Å²) in [5.74, 6) is 0. The second-order valence-electron chi connectivity index (χ2n) is 3.17. The van der Waals surface area contributed by atoms with Gasteiger partial charge < -0.3 is 5.32 Å². The molecule has 1 aromatic carbocycles. The normalized spacial score (nSPS) is 9.92. The van der Waals surface area contributed by atoms with E-state index < -0.39 is 0 Å². The molecule has 0 aliphatic rings. The summed E-state index contributed by atoms with van der Waals surface area (Å²) < 4.78 is 0. The number of hydrogen-bond acceptors (Lipinski definition) is 1. The molecule has 13 heavy (non-hydrogen) atoms. The first kappa shape index (κ1) is 10.0. The summed E-state index contributed by atoms with van der Waals surface area (Å²) in [6.07, 6.45) is 2.98. The maximum atomic E-state index is 3.66. The van der Waals surface area contributed by atoms with Crippen LogP contribution in [0.2, 0.25) is 0 Å². The zero-order chi connectivity index (χ0) is 9.52. The molecule has 1 heteroatoms. The van der Waals surface area contributed by atoms with E-state index in [1.165, 1.54) is 11.1 Å². The van der Waals surface area contributed by atoms with Gasteiger partial charge in [0.25, 0.3) is 0 Å². The second-order valence-corrected chi connectivity index (χ2v) is 3.17. The summed E-state index contributed by atoms with van der Waals surface area (Å²) in [6.45, 7) is 7.74. The Labute approximate surface area is 80.5 Å². The molecule has 0 fully saturated rings. The molecule has 70 valence electrons.